The van der Waals surface area contributed by atoms with Gasteiger partial charge in [0.2, 0.25) is 11.8 Å². The summed E-state index contributed by atoms with van der Waals surface area (Å²) in [5.41, 5.74) is 0. The number of amides is 4. The predicted molar refractivity (Wildman–Crippen MR) is 137 cm³/mol. The number of nitrogens with zero attached hydrogens (tertiary/aromatic N) is 2. The number of likely N-dealkylation sites (N-methyl/N-ethyl adjacent to an activating group) is 1. The molecule has 2 rings (SSSR count). The van der Waals surface area contributed by atoms with Crippen LogP contribution in [0.2, 0.25) is 0 Å². The highest BCUT2D eigenvalue weighted by Gasteiger charge is 2.42. The predicted octanol–water partition coefficient (Wildman–Crippen LogP) is 1.03. The fourth-order valence-corrected chi connectivity index (χ4v) is 5.56. The summed E-state index contributed by atoms with van der Waals surface area (Å²) in [5.74, 6) is 0.726. The molecule has 0 aliphatic carbocycles. The van der Waals surface area contributed by atoms with Gasteiger partial charge in [0, 0.05) is 50.7 Å². The monoisotopic (exact) mass is 527 g/mol. The molecule has 0 radical (unpaired) electrons. The molecule has 0 spiro atoms. The average Bonchev–Trinajstić information content (AvgIpc) is 3.41. The lowest BCUT2D eigenvalue weighted by Crippen LogP contribution is -2.38. The zero-order chi connectivity index (χ0) is 26.0. The summed E-state index contributed by atoms with van der Waals surface area (Å²) in [6.45, 7) is 3.59. The minimum Gasteiger partial charge on any atom is -0.379 e. The molecule has 204 valence electrons. The van der Waals surface area contributed by atoms with Crippen molar-refractivity contribution in [3.8, 4) is 6.07 Å². The third-order valence-electron chi connectivity index (χ3n) is 5.98. The van der Waals surface area contributed by atoms with Gasteiger partial charge >= 0.3 is 6.03 Å². The summed E-state index contributed by atoms with van der Waals surface area (Å²) in [6, 6.07) is 2.41. The Balaban J connectivity index is 1.37. The second kappa shape index (κ2) is 18.2. The molecule has 0 unspecified atom stereocenters. The molecule has 0 aromatic heterocycles. The third kappa shape index (κ3) is 12.3. The van der Waals surface area contributed by atoms with E-state index in [1.165, 1.54) is 4.90 Å². The van der Waals surface area contributed by atoms with Crippen LogP contribution in [0, 0.1) is 11.3 Å². The van der Waals surface area contributed by atoms with E-state index >= 15 is 0 Å². The minimum absolute atomic E-state index is 0.0335. The van der Waals surface area contributed by atoms with Crippen molar-refractivity contribution in [3.63, 3.8) is 0 Å². The standard InChI is InChI=1S/C24H41N5O6S/c1-29(22(31)8-3-2-7-20-23-19(18-36-20)27-24(32)28-23)17-21(30)26-10-6-12-34-14-16-35-15-13-33-11-5-4-9-25/h19-20,23H,2-8,10-18H2,1H3,(H,26,30)(H2,27,28,32)/t19-,20-,23-/m0/s1. The number of fused-ring (bicyclic) bond motifs is 1. The molecule has 36 heavy (non-hydrogen) atoms. The van der Waals surface area contributed by atoms with Gasteiger partial charge in [-0.15, -0.1) is 0 Å². The molecular weight excluding hydrogens is 486 g/mol. The number of nitrogens with one attached hydrogen (secondary N) is 3. The van der Waals surface area contributed by atoms with Crippen molar-refractivity contribution in [2.24, 2.45) is 0 Å². The van der Waals surface area contributed by atoms with Gasteiger partial charge in [-0.2, -0.15) is 17.0 Å². The van der Waals surface area contributed by atoms with Crippen LogP contribution < -0.4 is 16.0 Å². The molecule has 2 aliphatic heterocycles. The number of ether oxygens (including phenoxy) is 3. The molecule has 4 amide bonds. The van der Waals surface area contributed by atoms with Gasteiger partial charge in [0.25, 0.3) is 0 Å². The molecule has 0 aromatic rings. The van der Waals surface area contributed by atoms with E-state index in [9.17, 15) is 14.4 Å². The van der Waals surface area contributed by atoms with Crippen molar-refractivity contribution in [3.05, 3.63) is 0 Å². The van der Waals surface area contributed by atoms with Gasteiger partial charge in [-0.25, -0.2) is 4.79 Å². The second-order valence-corrected chi connectivity index (χ2v) is 10.2. The van der Waals surface area contributed by atoms with Crippen molar-refractivity contribution in [1.29, 1.82) is 5.26 Å². The molecule has 0 aromatic carbocycles. The quantitative estimate of drug-likeness (QED) is 0.157. The van der Waals surface area contributed by atoms with Crippen molar-refractivity contribution >= 4 is 29.6 Å². The highest BCUT2D eigenvalue weighted by atomic mass is 32.2. The number of nitriles is 1. The van der Waals surface area contributed by atoms with E-state index in [0.29, 0.717) is 70.7 Å². The number of rotatable bonds is 20. The largest absolute Gasteiger partial charge is 0.379 e. The highest BCUT2D eigenvalue weighted by molar-refractivity contribution is 8.00. The van der Waals surface area contributed by atoms with E-state index < -0.39 is 0 Å². The van der Waals surface area contributed by atoms with E-state index in [1.54, 1.807) is 7.05 Å². The van der Waals surface area contributed by atoms with E-state index in [-0.39, 0.29) is 36.5 Å². The van der Waals surface area contributed by atoms with Crippen molar-refractivity contribution in [2.75, 3.05) is 65.5 Å². The molecule has 3 atom stereocenters. The summed E-state index contributed by atoms with van der Waals surface area (Å²) in [6.07, 6.45) is 5.02. The number of unbranched alkanes of at least 4 members (excludes halogenated alkanes) is 2. The molecule has 2 fully saturated rings. The zero-order valence-electron chi connectivity index (χ0n) is 21.3. The molecule has 2 aliphatic rings. The first kappa shape index (κ1) is 30.2. The van der Waals surface area contributed by atoms with Crippen LogP contribution in [0.5, 0.6) is 0 Å². The average molecular weight is 528 g/mol. The Hall–Kier alpha value is -2.07. The summed E-state index contributed by atoms with van der Waals surface area (Å²) in [4.78, 5) is 37.3. The molecule has 2 saturated heterocycles. The third-order valence-corrected chi connectivity index (χ3v) is 7.49. The van der Waals surface area contributed by atoms with Crippen LogP contribution in [0.25, 0.3) is 0 Å². The van der Waals surface area contributed by atoms with Crippen molar-refractivity contribution < 1.29 is 28.6 Å². The summed E-state index contributed by atoms with van der Waals surface area (Å²) < 4.78 is 16.2. The Labute approximate surface area is 218 Å². The fraction of sp³-hybridized carbons (Fsp3) is 0.833. The molecule has 12 heteroatoms. The maximum atomic E-state index is 12.3. The van der Waals surface area contributed by atoms with Crippen LogP contribution >= 0.6 is 11.8 Å². The maximum absolute atomic E-state index is 12.3. The first-order valence-corrected chi connectivity index (χ1v) is 13.9. The van der Waals surface area contributed by atoms with Crippen LogP contribution in [0.3, 0.4) is 0 Å². The van der Waals surface area contributed by atoms with Crippen LogP contribution in [0.15, 0.2) is 0 Å². The summed E-state index contributed by atoms with van der Waals surface area (Å²) in [5, 5.41) is 17.6. The topological polar surface area (TPSA) is 142 Å². The molecule has 3 N–H and O–H groups in total. The molecule has 11 nitrogen and oxygen atoms in total. The SMILES string of the molecule is CN(CC(=O)NCCCOCCOCCOCCCC#N)C(=O)CCCC[C@@H]1SC[C@@H]2NC(=O)N[C@@H]21. The minimum atomic E-state index is -0.179. The Bertz CT molecular complexity index is 722. The van der Waals surface area contributed by atoms with Crippen LogP contribution in [-0.4, -0.2) is 106 Å². The molecule has 0 saturated carbocycles. The number of hydrogen-bond acceptors (Lipinski definition) is 8. The van der Waals surface area contributed by atoms with E-state index in [2.05, 4.69) is 22.0 Å². The normalized spacial score (nSPS) is 20.3. The molecule has 2 heterocycles. The van der Waals surface area contributed by atoms with Gasteiger partial charge in [-0.3, -0.25) is 9.59 Å². The van der Waals surface area contributed by atoms with Crippen molar-refractivity contribution in [1.82, 2.24) is 20.9 Å². The lowest BCUT2D eigenvalue weighted by Gasteiger charge is -2.18. The maximum Gasteiger partial charge on any atom is 0.315 e. The lowest BCUT2D eigenvalue weighted by atomic mass is 10.0. The second-order valence-electron chi connectivity index (χ2n) is 8.92. The Kier molecular flexibility index (Phi) is 15.3. The Morgan fingerprint density at radius 2 is 1.75 bits per heavy atom. The number of carbonyl (C=O) groups is 3. The summed E-state index contributed by atoms with van der Waals surface area (Å²) >= 11 is 1.88. The zero-order valence-corrected chi connectivity index (χ0v) is 22.1. The fourth-order valence-electron chi connectivity index (χ4n) is 4.01. The van der Waals surface area contributed by atoms with Crippen LogP contribution in [-0.2, 0) is 23.8 Å². The summed E-state index contributed by atoms with van der Waals surface area (Å²) in [7, 11) is 1.65. The van der Waals surface area contributed by atoms with Gasteiger partial charge in [0.15, 0.2) is 0 Å². The molecular formula is C24H41N5O6S. The first-order chi connectivity index (χ1) is 17.5. The van der Waals surface area contributed by atoms with Gasteiger partial charge in [-0.05, 0) is 25.7 Å². The number of thioether (sulfide) groups is 1. The van der Waals surface area contributed by atoms with Crippen molar-refractivity contribution in [2.45, 2.75) is 62.3 Å². The first-order valence-electron chi connectivity index (χ1n) is 12.8. The van der Waals surface area contributed by atoms with Crippen LogP contribution in [0.4, 0.5) is 4.79 Å². The Morgan fingerprint density at radius 1 is 1.06 bits per heavy atom. The number of hydrogen-bond donors (Lipinski definition) is 3. The van der Waals surface area contributed by atoms with Gasteiger partial charge in [0.05, 0.1) is 51.1 Å². The Morgan fingerprint density at radius 3 is 2.47 bits per heavy atom. The number of carbonyl (C=O) groups excluding carboxylic acids is 3. The van der Waals surface area contributed by atoms with E-state index in [0.717, 1.165) is 31.4 Å². The van der Waals surface area contributed by atoms with E-state index in [4.69, 9.17) is 19.5 Å². The van der Waals surface area contributed by atoms with Gasteiger partial charge < -0.3 is 35.1 Å². The van der Waals surface area contributed by atoms with Gasteiger partial charge in [0.1, 0.15) is 0 Å². The highest BCUT2D eigenvalue weighted by Crippen LogP contribution is 2.33. The lowest BCUT2D eigenvalue weighted by molar-refractivity contribution is -0.134. The smallest absolute Gasteiger partial charge is 0.315 e. The van der Waals surface area contributed by atoms with E-state index in [1.807, 2.05) is 11.8 Å². The number of urea groups is 1. The molecule has 0 bridgehead atoms. The van der Waals surface area contributed by atoms with Crippen LogP contribution in [0.1, 0.15) is 44.9 Å². The van der Waals surface area contributed by atoms with Gasteiger partial charge in [-0.1, -0.05) is 6.42 Å².